The van der Waals surface area contributed by atoms with Gasteiger partial charge in [0.15, 0.2) is 0 Å². The van der Waals surface area contributed by atoms with Crippen LogP contribution in [0.4, 0.5) is 5.82 Å². The number of pyridine rings is 2. The molecule has 6 heteroatoms. The van der Waals surface area contributed by atoms with Crippen LogP contribution in [0, 0.1) is 0 Å². The number of hydroxylamine groups is 1. The number of benzene rings is 1. The Balaban J connectivity index is 1.58. The molecular weight excluding hydrogens is 316 g/mol. The lowest BCUT2D eigenvalue weighted by molar-refractivity contribution is 0.0234. The van der Waals surface area contributed by atoms with Crippen molar-refractivity contribution >= 4 is 11.7 Å². The van der Waals surface area contributed by atoms with Crippen LogP contribution in [0.15, 0.2) is 73.2 Å². The van der Waals surface area contributed by atoms with Crippen molar-refractivity contribution in [1.82, 2.24) is 15.4 Å². The van der Waals surface area contributed by atoms with Crippen LogP contribution >= 0.6 is 0 Å². The van der Waals surface area contributed by atoms with Gasteiger partial charge < -0.3 is 5.32 Å². The molecule has 1 aromatic carbocycles. The van der Waals surface area contributed by atoms with Gasteiger partial charge in [0, 0.05) is 25.1 Å². The second-order valence-electron chi connectivity index (χ2n) is 5.31. The normalized spacial score (nSPS) is 10.2. The van der Waals surface area contributed by atoms with Gasteiger partial charge in [0.2, 0.25) is 0 Å². The molecule has 0 spiro atoms. The van der Waals surface area contributed by atoms with E-state index in [1.165, 1.54) is 0 Å². The molecule has 3 aromatic rings. The molecule has 2 heterocycles. The fourth-order valence-corrected chi connectivity index (χ4v) is 2.23. The molecule has 0 aliphatic carbocycles. The molecule has 126 valence electrons. The molecular formula is C19H18N4O2. The minimum atomic E-state index is -0.346. The summed E-state index contributed by atoms with van der Waals surface area (Å²) in [6, 6.07) is 16.8. The Morgan fingerprint density at radius 2 is 1.72 bits per heavy atom. The van der Waals surface area contributed by atoms with Crippen molar-refractivity contribution in [2.24, 2.45) is 0 Å². The van der Waals surface area contributed by atoms with E-state index in [4.69, 9.17) is 4.84 Å². The second kappa shape index (κ2) is 8.56. The quantitative estimate of drug-likeness (QED) is 0.650. The SMILES string of the molecule is O=C(NOCc1ccccc1)c1cccnc1NCc1ccncc1. The Morgan fingerprint density at radius 3 is 2.52 bits per heavy atom. The first-order chi connectivity index (χ1) is 12.3. The average molecular weight is 334 g/mol. The zero-order valence-corrected chi connectivity index (χ0v) is 13.6. The minimum Gasteiger partial charge on any atom is -0.365 e. The predicted molar refractivity (Wildman–Crippen MR) is 94.5 cm³/mol. The molecule has 1 amide bonds. The number of carbonyl (C=O) groups excluding carboxylic acids is 1. The van der Waals surface area contributed by atoms with E-state index in [2.05, 4.69) is 20.8 Å². The number of anilines is 1. The fraction of sp³-hybridized carbons (Fsp3) is 0.105. The second-order valence-corrected chi connectivity index (χ2v) is 5.31. The van der Waals surface area contributed by atoms with E-state index in [9.17, 15) is 4.79 Å². The van der Waals surface area contributed by atoms with Gasteiger partial charge in [-0.3, -0.25) is 14.6 Å². The zero-order valence-electron chi connectivity index (χ0n) is 13.6. The lowest BCUT2D eigenvalue weighted by Gasteiger charge is -2.11. The van der Waals surface area contributed by atoms with E-state index in [1.807, 2.05) is 42.5 Å². The van der Waals surface area contributed by atoms with Gasteiger partial charge in [0.25, 0.3) is 5.91 Å². The fourth-order valence-electron chi connectivity index (χ4n) is 2.23. The summed E-state index contributed by atoms with van der Waals surface area (Å²) in [4.78, 5) is 25.9. The molecule has 0 saturated carbocycles. The molecule has 0 aliphatic heterocycles. The summed E-state index contributed by atoms with van der Waals surface area (Å²) in [5.74, 6) is 0.154. The van der Waals surface area contributed by atoms with Crippen molar-refractivity contribution in [3.05, 3.63) is 89.9 Å². The number of aromatic nitrogens is 2. The topological polar surface area (TPSA) is 76.1 Å². The molecule has 0 saturated heterocycles. The first-order valence-corrected chi connectivity index (χ1v) is 7.87. The highest BCUT2D eigenvalue weighted by atomic mass is 16.6. The first-order valence-electron chi connectivity index (χ1n) is 7.87. The lowest BCUT2D eigenvalue weighted by Crippen LogP contribution is -2.25. The first kappa shape index (κ1) is 16.6. The number of carbonyl (C=O) groups is 1. The number of hydrogen-bond acceptors (Lipinski definition) is 5. The third-order valence-corrected chi connectivity index (χ3v) is 3.51. The van der Waals surface area contributed by atoms with Crippen LogP contribution in [0.5, 0.6) is 0 Å². The lowest BCUT2D eigenvalue weighted by atomic mass is 10.2. The van der Waals surface area contributed by atoms with E-state index < -0.39 is 0 Å². The van der Waals surface area contributed by atoms with Gasteiger partial charge in [-0.15, -0.1) is 0 Å². The van der Waals surface area contributed by atoms with Crippen LogP contribution in [0.25, 0.3) is 0 Å². The molecule has 0 radical (unpaired) electrons. The molecule has 25 heavy (non-hydrogen) atoms. The Labute approximate surface area is 145 Å². The molecule has 6 nitrogen and oxygen atoms in total. The Morgan fingerprint density at radius 1 is 0.920 bits per heavy atom. The molecule has 0 aliphatic rings. The van der Waals surface area contributed by atoms with E-state index >= 15 is 0 Å². The Bertz CT molecular complexity index is 810. The summed E-state index contributed by atoms with van der Waals surface area (Å²) in [5.41, 5.74) is 4.90. The maximum absolute atomic E-state index is 12.3. The monoisotopic (exact) mass is 334 g/mol. The van der Waals surface area contributed by atoms with Gasteiger partial charge in [-0.25, -0.2) is 10.5 Å². The summed E-state index contributed by atoms with van der Waals surface area (Å²) in [5, 5.41) is 3.16. The van der Waals surface area contributed by atoms with Crippen molar-refractivity contribution in [2.45, 2.75) is 13.2 Å². The van der Waals surface area contributed by atoms with Crippen molar-refractivity contribution in [3.63, 3.8) is 0 Å². The van der Waals surface area contributed by atoms with E-state index in [0.717, 1.165) is 11.1 Å². The largest absolute Gasteiger partial charge is 0.365 e. The number of amides is 1. The van der Waals surface area contributed by atoms with Crippen molar-refractivity contribution in [2.75, 3.05) is 5.32 Å². The molecule has 0 fully saturated rings. The van der Waals surface area contributed by atoms with E-state index in [1.54, 1.807) is 30.7 Å². The average Bonchev–Trinajstić information content (AvgIpc) is 2.68. The molecule has 2 aromatic heterocycles. The van der Waals surface area contributed by atoms with Crippen LogP contribution in [0.2, 0.25) is 0 Å². The zero-order chi connectivity index (χ0) is 17.3. The van der Waals surface area contributed by atoms with Crippen LogP contribution in [0.3, 0.4) is 0 Å². The van der Waals surface area contributed by atoms with Crippen LogP contribution in [0.1, 0.15) is 21.5 Å². The Kier molecular flexibility index (Phi) is 5.68. The Hall–Kier alpha value is -3.25. The molecule has 3 rings (SSSR count). The summed E-state index contributed by atoms with van der Waals surface area (Å²) in [7, 11) is 0. The summed E-state index contributed by atoms with van der Waals surface area (Å²) >= 11 is 0. The van der Waals surface area contributed by atoms with Crippen molar-refractivity contribution in [3.8, 4) is 0 Å². The van der Waals surface area contributed by atoms with Gasteiger partial charge in [0.1, 0.15) is 5.82 Å². The minimum absolute atomic E-state index is 0.298. The van der Waals surface area contributed by atoms with Crippen LogP contribution in [-0.2, 0) is 18.0 Å². The summed E-state index contributed by atoms with van der Waals surface area (Å²) < 4.78 is 0. The van der Waals surface area contributed by atoms with Gasteiger partial charge in [-0.05, 0) is 35.4 Å². The van der Waals surface area contributed by atoms with E-state index in [-0.39, 0.29) is 5.91 Å². The smallest absolute Gasteiger partial charge is 0.278 e. The predicted octanol–water partition coefficient (Wildman–Crippen LogP) is 2.95. The van der Waals surface area contributed by atoms with Crippen molar-refractivity contribution < 1.29 is 9.63 Å². The van der Waals surface area contributed by atoms with Gasteiger partial charge in [-0.2, -0.15) is 0 Å². The number of nitrogens with one attached hydrogen (secondary N) is 2. The van der Waals surface area contributed by atoms with Gasteiger partial charge in [0.05, 0.1) is 12.2 Å². The summed E-state index contributed by atoms with van der Waals surface area (Å²) in [6.45, 7) is 0.845. The molecule has 0 bridgehead atoms. The van der Waals surface area contributed by atoms with Gasteiger partial charge in [-0.1, -0.05) is 30.3 Å². The highest BCUT2D eigenvalue weighted by Gasteiger charge is 2.12. The van der Waals surface area contributed by atoms with Crippen LogP contribution < -0.4 is 10.8 Å². The highest BCUT2D eigenvalue weighted by molar-refractivity contribution is 5.98. The van der Waals surface area contributed by atoms with E-state index in [0.29, 0.717) is 24.5 Å². The molecule has 0 atom stereocenters. The van der Waals surface area contributed by atoms with Crippen molar-refractivity contribution in [1.29, 1.82) is 0 Å². The maximum atomic E-state index is 12.3. The van der Waals surface area contributed by atoms with Crippen LogP contribution in [-0.4, -0.2) is 15.9 Å². The molecule has 2 N–H and O–H groups in total. The number of nitrogens with zero attached hydrogens (tertiary/aromatic N) is 2. The highest BCUT2D eigenvalue weighted by Crippen LogP contribution is 2.13. The summed E-state index contributed by atoms with van der Waals surface area (Å²) in [6.07, 6.45) is 5.08. The number of hydrogen-bond donors (Lipinski definition) is 2. The standard InChI is InChI=1S/C19H18N4O2/c24-19(23-25-14-16-5-2-1-3-6-16)17-7-4-10-21-18(17)22-13-15-8-11-20-12-9-15/h1-12H,13-14H2,(H,21,22)(H,23,24). The molecule has 0 unspecified atom stereocenters. The maximum Gasteiger partial charge on any atom is 0.278 e. The third kappa shape index (κ3) is 4.86. The third-order valence-electron chi connectivity index (χ3n) is 3.51. The number of rotatable bonds is 7. The van der Waals surface area contributed by atoms with Gasteiger partial charge >= 0.3 is 0 Å².